The van der Waals surface area contributed by atoms with E-state index in [0.717, 1.165) is 31.5 Å². The Balaban J connectivity index is 2.03. The number of piperidine rings is 1. The lowest BCUT2D eigenvalue weighted by atomic mass is 10.0. The summed E-state index contributed by atoms with van der Waals surface area (Å²) in [6.45, 7) is 1.59. The van der Waals surface area contributed by atoms with Crippen molar-refractivity contribution in [1.29, 1.82) is 0 Å². The number of likely N-dealkylation sites (N-methyl/N-ethyl adjacent to an activating group) is 1. The summed E-state index contributed by atoms with van der Waals surface area (Å²) in [4.78, 5) is 16.3. The third-order valence-corrected chi connectivity index (χ3v) is 4.38. The number of halogens is 2. The number of likely N-dealkylation sites (tertiary alicyclic amines) is 1. The zero-order chi connectivity index (χ0) is 15.4. The van der Waals surface area contributed by atoms with Gasteiger partial charge in [-0.1, -0.05) is 23.2 Å². The van der Waals surface area contributed by atoms with Gasteiger partial charge in [-0.3, -0.25) is 4.79 Å². The fraction of sp³-hybridized carbons (Fsp3) is 0.438. The highest BCUT2D eigenvalue weighted by Gasteiger charge is 2.23. The average Bonchev–Trinajstić information content (AvgIpc) is 2.48. The van der Waals surface area contributed by atoms with Crippen molar-refractivity contribution in [2.75, 3.05) is 27.2 Å². The Morgan fingerprint density at radius 1 is 1.38 bits per heavy atom. The normalized spacial score (nSPS) is 19.5. The van der Waals surface area contributed by atoms with Gasteiger partial charge in [-0.05, 0) is 56.8 Å². The van der Waals surface area contributed by atoms with Crippen molar-refractivity contribution >= 4 is 35.2 Å². The molecule has 1 aromatic carbocycles. The van der Waals surface area contributed by atoms with Crippen molar-refractivity contribution in [3.8, 4) is 0 Å². The van der Waals surface area contributed by atoms with E-state index in [2.05, 4.69) is 19.0 Å². The van der Waals surface area contributed by atoms with E-state index in [1.807, 2.05) is 4.90 Å². The molecule has 0 bridgehead atoms. The molecule has 3 nitrogen and oxygen atoms in total. The van der Waals surface area contributed by atoms with E-state index in [4.69, 9.17) is 23.2 Å². The number of rotatable bonds is 3. The zero-order valence-electron chi connectivity index (χ0n) is 12.4. The Morgan fingerprint density at radius 3 is 2.86 bits per heavy atom. The third kappa shape index (κ3) is 4.47. The van der Waals surface area contributed by atoms with Gasteiger partial charge >= 0.3 is 0 Å². The standard InChI is InChI=1S/C16H20Cl2N2O/c1-19(2)14-4-3-9-20(11-14)16(21)8-5-12-10-13(17)6-7-15(12)18/h5-8,10,14H,3-4,9,11H2,1-2H3/b8-5+. The van der Waals surface area contributed by atoms with Crippen molar-refractivity contribution in [1.82, 2.24) is 9.80 Å². The Bertz CT molecular complexity index is 543. The molecule has 1 fully saturated rings. The fourth-order valence-electron chi connectivity index (χ4n) is 2.49. The second-order valence-electron chi connectivity index (χ2n) is 5.54. The lowest BCUT2D eigenvalue weighted by molar-refractivity contribution is -0.127. The van der Waals surface area contributed by atoms with E-state index in [9.17, 15) is 4.79 Å². The summed E-state index contributed by atoms with van der Waals surface area (Å²) < 4.78 is 0. The number of amides is 1. The number of hydrogen-bond acceptors (Lipinski definition) is 2. The molecule has 1 atom stereocenters. The van der Waals surface area contributed by atoms with Gasteiger partial charge in [0.15, 0.2) is 0 Å². The highest BCUT2D eigenvalue weighted by Crippen LogP contribution is 2.22. The van der Waals surface area contributed by atoms with Gasteiger partial charge in [-0.15, -0.1) is 0 Å². The first-order valence-corrected chi connectivity index (χ1v) is 7.81. The first-order valence-electron chi connectivity index (χ1n) is 7.06. The molecule has 0 aliphatic carbocycles. The second-order valence-corrected chi connectivity index (χ2v) is 6.39. The predicted octanol–water partition coefficient (Wildman–Crippen LogP) is 3.56. The minimum atomic E-state index is 0.0255. The van der Waals surface area contributed by atoms with Crippen LogP contribution in [0.1, 0.15) is 18.4 Å². The number of benzene rings is 1. The predicted molar refractivity (Wildman–Crippen MR) is 88.8 cm³/mol. The van der Waals surface area contributed by atoms with E-state index in [-0.39, 0.29) is 5.91 Å². The molecular formula is C16H20Cl2N2O. The van der Waals surface area contributed by atoms with Crippen LogP contribution in [0.4, 0.5) is 0 Å². The molecule has 1 aromatic rings. The summed E-state index contributed by atoms with van der Waals surface area (Å²) in [7, 11) is 4.11. The minimum Gasteiger partial charge on any atom is -0.338 e. The van der Waals surface area contributed by atoms with E-state index in [1.165, 1.54) is 0 Å². The van der Waals surface area contributed by atoms with Crippen molar-refractivity contribution in [2.24, 2.45) is 0 Å². The monoisotopic (exact) mass is 326 g/mol. The number of hydrogen-bond donors (Lipinski definition) is 0. The minimum absolute atomic E-state index is 0.0255. The van der Waals surface area contributed by atoms with Crippen LogP contribution in [0.25, 0.3) is 6.08 Å². The van der Waals surface area contributed by atoms with Crippen LogP contribution in [0.5, 0.6) is 0 Å². The summed E-state index contributed by atoms with van der Waals surface area (Å²) in [5.41, 5.74) is 0.763. The molecule has 1 unspecified atom stereocenters. The lowest BCUT2D eigenvalue weighted by Gasteiger charge is -2.35. The highest BCUT2D eigenvalue weighted by atomic mass is 35.5. The first kappa shape index (κ1) is 16.3. The summed E-state index contributed by atoms with van der Waals surface area (Å²) >= 11 is 12.0. The van der Waals surface area contributed by atoms with Gasteiger partial charge in [0, 0.05) is 35.3 Å². The van der Waals surface area contributed by atoms with E-state index >= 15 is 0 Å². The average molecular weight is 327 g/mol. The van der Waals surface area contributed by atoms with Gasteiger partial charge in [0.25, 0.3) is 0 Å². The van der Waals surface area contributed by atoms with Crippen molar-refractivity contribution in [3.05, 3.63) is 39.9 Å². The number of carbonyl (C=O) groups is 1. The van der Waals surface area contributed by atoms with Crippen LogP contribution in [0.3, 0.4) is 0 Å². The molecule has 1 amide bonds. The first-order chi connectivity index (χ1) is 9.97. The summed E-state index contributed by atoms with van der Waals surface area (Å²) in [6, 6.07) is 5.66. The molecule has 0 spiro atoms. The van der Waals surface area contributed by atoms with Gasteiger partial charge in [-0.25, -0.2) is 0 Å². The highest BCUT2D eigenvalue weighted by molar-refractivity contribution is 6.34. The molecule has 0 N–H and O–H groups in total. The van der Waals surface area contributed by atoms with Crippen LogP contribution < -0.4 is 0 Å². The van der Waals surface area contributed by atoms with Gasteiger partial charge in [0.2, 0.25) is 5.91 Å². The maximum atomic E-state index is 12.3. The van der Waals surface area contributed by atoms with E-state index < -0.39 is 0 Å². The molecule has 5 heteroatoms. The van der Waals surface area contributed by atoms with Gasteiger partial charge < -0.3 is 9.80 Å². The molecule has 114 valence electrons. The van der Waals surface area contributed by atoms with E-state index in [1.54, 1.807) is 30.4 Å². The van der Waals surface area contributed by atoms with Crippen LogP contribution in [-0.4, -0.2) is 48.9 Å². The molecule has 0 radical (unpaired) electrons. The molecule has 21 heavy (non-hydrogen) atoms. The molecule has 1 aliphatic heterocycles. The summed E-state index contributed by atoms with van der Waals surface area (Å²) in [5.74, 6) is 0.0255. The maximum absolute atomic E-state index is 12.3. The van der Waals surface area contributed by atoms with Crippen LogP contribution in [0.2, 0.25) is 10.0 Å². The largest absolute Gasteiger partial charge is 0.338 e. The Morgan fingerprint density at radius 2 is 2.14 bits per heavy atom. The molecule has 2 rings (SSSR count). The van der Waals surface area contributed by atoms with Crippen LogP contribution in [0, 0.1) is 0 Å². The Labute approximate surface area is 136 Å². The molecule has 0 aromatic heterocycles. The summed E-state index contributed by atoms with van der Waals surface area (Å²) in [5, 5.41) is 1.20. The molecule has 1 heterocycles. The van der Waals surface area contributed by atoms with Gasteiger partial charge in [0.05, 0.1) is 0 Å². The van der Waals surface area contributed by atoms with Crippen LogP contribution >= 0.6 is 23.2 Å². The summed E-state index contributed by atoms with van der Waals surface area (Å²) in [6.07, 6.45) is 5.49. The SMILES string of the molecule is CN(C)C1CCCN(C(=O)/C=C/c2cc(Cl)ccc2Cl)C1. The smallest absolute Gasteiger partial charge is 0.246 e. The maximum Gasteiger partial charge on any atom is 0.246 e. The van der Waals surface area contributed by atoms with Crippen molar-refractivity contribution < 1.29 is 4.79 Å². The number of carbonyl (C=O) groups excluding carboxylic acids is 1. The zero-order valence-corrected chi connectivity index (χ0v) is 13.9. The van der Waals surface area contributed by atoms with Gasteiger partial charge in [-0.2, -0.15) is 0 Å². The van der Waals surface area contributed by atoms with E-state index in [0.29, 0.717) is 16.1 Å². The fourth-order valence-corrected chi connectivity index (χ4v) is 2.85. The topological polar surface area (TPSA) is 23.6 Å². The molecular weight excluding hydrogens is 307 g/mol. The quantitative estimate of drug-likeness (QED) is 0.793. The molecule has 1 saturated heterocycles. The van der Waals surface area contributed by atoms with Crippen molar-refractivity contribution in [3.63, 3.8) is 0 Å². The second kappa shape index (κ2) is 7.30. The van der Waals surface area contributed by atoms with Crippen LogP contribution in [0.15, 0.2) is 24.3 Å². The Hall–Kier alpha value is -1.03. The van der Waals surface area contributed by atoms with Gasteiger partial charge in [0.1, 0.15) is 0 Å². The molecule has 0 saturated carbocycles. The lowest BCUT2D eigenvalue weighted by Crippen LogP contribution is -2.47. The Kier molecular flexibility index (Phi) is 5.68. The van der Waals surface area contributed by atoms with Crippen LogP contribution in [-0.2, 0) is 4.79 Å². The molecule has 1 aliphatic rings. The third-order valence-electron chi connectivity index (χ3n) is 3.80. The number of nitrogens with zero attached hydrogens (tertiary/aromatic N) is 2. The van der Waals surface area contributed by atoms with Crippen molar-refractivity contribution in [2.45, 2.75) is 18.9 Å².